The average Bonchev–Trinajstić information content (AvgIpc) is 2.65. The summed E-state index contributed by atoms with van der Waals surface area (Å²) in [5, 5.41) is 4.67. The summed E-state index contributed by atoms with van der Waals surface area (Å²) in [5.74, 6) is 1.84. The maximum absolute atomic E-state index is 5.55. The monoisotopic (exact) mass is 242 g/mol. The van der Waals surface area contributed by atoms with Crippen LogP contribution in [0.25, 0.3) is 0 Å². The molecule has 16 heavy (non-hydrogen) atoms. The smallest absolute Gasteiger partial charge is 0.157 e. The molecule has 3 nitrogen and oxygen atoms in total. The lowest BCUT2D eigenvalue weighted by Crippen LogP contribution is -2.40. The fourth-order valence-electron chi connectivity index (χ4n) is 2.17. The summed E-state index contributed by atoms with van der Waals surface area (Å²) in [7, 11) is 0. The fraction of sp³-hybridized carbons (Fsp3) is 0.917. The molecule has 2 aliphatic rings. The van der Waals surface area contributed by atoms with E-state index < -0.39 is 0 Å². The zero-order valence-corrected chi connectivity index (χ0v) is 11.2. The van der Waals surface area contributed by atoms with E-state index in [0.29, 0.717) is 24.1 Å². The average molecular weight is 242 g/mol. The minimum Gasteiger partial charge on any atom is -0.376 e. The van der Waals surface area contributed by atoms with Gasteiger partial charge in [0.15, 0.2) is 5.17 Å². The van der Waals surface area contributed by atoms with Gasteiger partial charge < -0.3 is 10.1 Å². The zero-order valence-electron chi connectivity index (χ0n) is 10.4. The van der Waals surface area contributed by atoms with Gasteiger partial charge in [-0.15, -0.1) is 0 Å². The van der Waals surface area contributed by atoms with Gasteiger partial charge in [0.25, 0.3) is 0 Å². The standard InChI is InChI=1S/C12H22N2OS/c1-8(2)10-5-7-16-12(13-10)14-11-4-6-15-9(11)3/h8-11H,4-7H2,1-3H3,(H,13,14). The highest BCUT2D eigenvalue weighted by atomic mass is 32.2. The molecule has 4 heteroatoms. The Bertz CT molecular complexity index is 268. The van der Waals surface area contributed by atoms with Gasteiger partial charge in [-0.25, -0.2) is 0 Å². The van der Waals surface area contributed by atoms with Crippen LogP contribution >= 0.6 is 11.8 Å². The Kier molecular flexibility index (Phi) is 4.14. The van der Waals surface area contributed by atoms with Crippen molar-refractivity contribution in [2.75, 3.05) is 12.4 Å². The summed E-state index contributed by atoms with van der Waals surface area (Å²) >= 11 is 1.86. The molecule has 1 saturated heterocycles. The lowest BCUT2D eigenvalue weighted by Gasteiger charge is -2.26. The molecule has 2 aliphatic heterocycles. The Morgan fingerprint density at radius 2 is 2.25 bits per heavy atom. The molecule has 0 radical (unpaired) electrons. The van der Waals surface area contributed by atoms with Crippen molar-refractivity contribution in [1.82, 2.24) is 5.32 Å². The van der Waals surface area contributed by atoms with E-state index in [9.17, 15) is 0 Å². The van der Waals surface area contributed by atoms with E-state index >= 15 is 0 Å². The van der Waals surface area contributed by atoms with Crippen LogP contribution < -0.4 is 5.32 Å². The molecule has 3 atom stereocenters. The highest BCUT2D eigenvalue weighted by molar-refractivity contribution is 8.13. The summed E-state index contributed by atoms with van der Waals surface area (Å²) in [6.07, 6.45) is 2.64. The number of ether oxygens (including phenoxy) is 1. The van der Waals surface area contributed by atoms with Gasteiger partial charge in [0.05, 0.1) is 18.2 Å². The Morgan fingerprint density at radius 1 is 1.44 bits per heavy atom. The summed E-state index contributed by atoms with van der Waals surface area (Å²) in [6.45, 7) is 7.52. The van der Waals surface area contributed by atoms with Crippen LogP contribution in [0.2, 0.25) is 0 Å². The number of amidine groups is 1. The Hall–Kier alpha value is -0.220. The van der Waals surface area contributed by atoms with E-state index in [4.69, 9.17) is 9.73 Å². The molecule has 0 aromatic rings. The third-order valence-electron chi connectivity index (χ3n) is 3.39. The first-order chi connectivity index (χ1) is 7.66. The molecular weight excluding hydrogens is 220 g/mol. The van der Waals surface area contributed by atoms with Crippen molar-refractivity contribution < 1.29 is 4.74 Å². The van der Waals surface area contributed by atoms with Gasteiger partial charge >= 0.3 is 0 Å². The molecular formula is C12H22N2OS. The van der Waals surface area contributed by atoms with Gasteiger partial charge in [-0.1, -0.05) is 25.6 Å². The Morgan fingerprint density at radius 3 is 2.88 bits per heavy atom. The van der Waals surface area contributed by atoms with E-state index in [-0.39, 0.29) is 0 Å². The quantitative estimate of drug-likeness (QED) is 0.806. The highest BCUT2D eigenvalue weighted by Gasteiger charge is 2.27. The number of hydrogen-bond donors (Lipinski definition) is 1. The van der Waals surface area contributed by atoms with Crippen molar-refractivity contribution in [3.63, 3.8) is 0 Å². The van der Waals surface area contributed by atoms with Crippen LogP contribution in [-0.4, -0.2) is 35.7 Å². The lowest BCUT2D eigenvalue weighted by atomic mass is 10.0. The van der Waals surface area contributed by atoms with Crippen molar-refractivity contribution in [3.8, 4) is 0 Å². The number of nitrogens with zero attached hydrogens (tertiary/aromatic N) is 1. The third kappa shape index (κ3) is 2.92. The van der Waals surface area contributed by atoms with Crippen LogP contribution in [0.15, 0.2) is 4.99 Å². The summed E-state index contributed by atoms with van der Waals surface area (Å²) in [4.78, 5) is 4.79. The minimum atomic E-state index is 0.322. The second-order valence-electron chi connectivity index (χ2n) is 5.00. The first-order valence-electron chi connectivity index (χ1n) is 6.25. The van der Waals surface area contributed by atoms with Gasteiger partial charge in [0, 0.05) is 12.4 Å². The molecule has 2 rings (SSSR count). The van der Waals surface area contributed by atoms with Crippen molar-refractivity contribution >= 4 is 16.9 Å². The highest BCUT2D eigenvalue weighted by Crippen LogP contribution is 2.23. The van der Waals surface area contributed by atoms with E-state index in [2.05, 4.69) is 26.1 Å². The first-order valence-corrected chi connectivity index (χ1v) is 7.24. The molecule has 3 unspecified atom stereocenters. The zero-order chi connectivity index (χ0) is 11.5. The van der Waals surface area contributed by atoms with Crippen molar-refractivity contribution in [2.45, 2.75) is 51.8 Å². The lowest BCUT2D eigenvalue weighted by molar-refractivity contribution is 0.116. The molecule has 0 aromatic heterocycles. The Balaban J connectivity index is 1.93. The first kappa shape index (κ1) is 12.2. The summed E-state index contributed by atoms with van der Waals surface area (Å²) in [5.41, 5.74) is 0. The molecule has 0 spiro atoms. The maximum atomic E-state index is 5.55. The van der Waals surface area contributed by atoms with E-state index in [1.54, 1.807) is 0 Å². The number of nitrogens with one attached hydrogen (secondary N) is 1. The molecule has 2 heterocycles. The molecule has 92 valence electrons. The Labute approximate surface area is 102 Å². The number of rotatable bonds is 2. The van der Waals surface area contributed by atoms with E-state index in [0.717, 1.165) is 18.2 Å². The summed E-state index contributed by atoms with van der Waals surface area (Å²) in [6, 6.07) is 0.957. The van der Waals surface area contributed by atoms with Crippen molar-refractivity contribution in [3.05, 3.63) is 0 Å². The predicted molar refractivity (Wildman–Crippen MR) is 70.1 cm³/mol. The van der Waals surface area contributed by atoms with E-state index in [1.807, 2.05) is 11.8 Å². The largest absolute Gasteiger partial charge is 0.376 e. The predicted octanol–water partition coefficient (Wildman–Crippen LogP) is 2.27. The van der Waals surface area contributed by atoms with Gasteiger partial charge in [0.2, 0.25) is 0 Å². The molecule has 0 amide bonds. The van der Waals surface area contributed by atoms with Crippen LogP contribution in [0.1, 0.15) is 33.6 Å². The third-order valence-corrected chi connectivity index (χ3v) is 4.33. The molecule has 0 bridgehead atoms. The number of thioether (sulfide) groups is 1. The van der Waals surface area contributed by atoms with Crippen molar-refractivity contribution in [1.29, 1.82) is 0 Å². The molecule has 1 N–H and O–H groups in total. The second-order valence-corrected chi connectivity index (χ2v) is 6.08. The summed E-state index contributed by atoms with van der Waals surface area (Å²) < 4.78 is 5.55. The molecule has 0 aromatic carbocycles. The minimum absolute atomic E-state index is 0.322. The van der Waals surface area contributed by atoms with Crippen LogP contribution in [0.4, 0.5) is 0 Å². The van der Waals surface area contributed by atoms with E-state index in [1.165, 1.54) is 12.2 Å². The van der Waals surface area contributed by atoms with Crippen LogP contribution in [0.3, 0.4) is 0 Å². The van der Waals surface area contributed by atoms with Gasteiger partial charge in [-0.2, -0.15) is 0 Å². The molecule has 1 fully saturated rings. The van der Waals surface area contributed by atoms with Gasteiger partial charge in [-0.3, -0.25) is 4.99 Å². The SMILES string of the molecule is CC(C)C1CCSC(NC2CCOC2C)=N1. The molecule has 0 saturated carbocycles. The topological polar surface area (TPSA) is 33.6 Å². The number of aliphatic imine (C=N–C) groups is 1. The van der Waals surface area contributed by atoms with Crippen LogP contribution in [0, 0.1) is 5.92 Å². The van der Waals surface area contributed by atoms with Gasteiger partial charge in [0.1, 0.15) is 0 Å². The second kappa shape index (κ2) is 5.41. The van der Waals surface area contributed by atoms with Crippen molar-refractivity contribution in [2.24, 2.45) is 10.9 Å². The van der Waals surface area contributed by atoms with Crippen LogP contribution in [-0.2, 0) is 4.74 Å². The maximum Gasteiger partial charge on any atom is 0.157 e. The number of hydrogen-bond acceptors (Lipinski definition) is 4. The molecule has 0 aliphatic carbocycles. The normalized spacial score (nSPS) is 35.2. The fourth-order valence-corrected chi connectivity index (χ4v) is 3.17. The van der Waals surface area contributed by atoms with Gasteiger partial charge in [-0.05, 0) is 25.7 Å². The van der Waals surface area contributed by atoms with Crippen LogP contribution in [0.5, 0.6) is 0 Å².